The van der Waals surface area contributed by atoms with Gasteiger partial charge >= 0.3 is 0 Å². The van der Waals surface area contributed by atoms with Gasteiger partial charge < -0.3 is 5.32 Å². The Morgan fingerprint density at radius 3 is 2.50 bits per heavy atom. The molecule has 134 valence electrons. The first-order chi connectivity index (χ1) is 12.5. The van der Waals surface area contributed by atoms with E-state index in [1.165, 1.54) is 5.56 Å². The quantitative estimate of drug-likeness (QED) is 0.681. The Morgan fingerprint density at radius 2 is 1.81 bits per heavy atom. The van der Waals surface area contributed by atoms with Gasteiger partial charge in [-0.1, -0.05) is 61.9 Å². The summed E-state index contributed by atoms with van der Waals surface area (Å²) in [5.74, 6) is 0.543. The standard InChI is InChI=1S/C23H26N2O/c1-15(2)12-13-24-23(26)21-14-17(4)25-22-19(6-5-7-20(21)22)18-10-8-16(3)9-11-18/h5-11,14-15H,12-13H2,1-4H3,(H,24,26). The molecule has 0 aliphatic rings. The molecule has 0 saturated carbocycles. The number of carbonyl (C=O) groups excluding carboxylic acids is 1. The second kappa shape index (κ2) is 7.69. The van der Waals surface area contributed by atoms with Crippen molar-refractivity contribution in [2.24, 2.45) is 5.92 Å². The largest absolute Gasteiger partial charge is 0.352 e. The van der Waals surface area contributed by atoms with Gasteiger partial charge in [0.2, 0.25) is 0 Å². The third kappa shape index (κ3) is 3.93. The van der Waals surface area contributed by atoms with E-state index in [0.29, 0.717) is 18.0 Å². The van der Waals surface area contributed by atoms with E-state index in [1.54, 1.807) is 0 Å². The first kappa shape index (κ1) is 18.1. The van der Waals surface area contributed by atoms with Crippen LogP contribution in [0.2, 0.25) is 0 Å². The van der Waals surface area contributed by atoms with Crippen LogP contribution >= 0.6 is 0 Å². The zero-order chi connectivity index (χ0) is 18.7. The molecule has 3 aromatic rings. The van der Waals surface area contributed by atoms with E-state index in [-0.39, 0.29) is 5.91 Å². The third-order valence-electron chi connectivity index (χ3n) is 4.58. The molecule has 2 aromatic carbocycles. The molecule has 0 unspecified atom stereocenters. The molecule has 0 saturated heterocycles. The van der Waals surface area contributed by atoms with Crippen molar-refractivity contribution < 1.29 is 4.79 Å². The van der Waals surface area contributed by atoms with Crippen molar-refractivity contribution in [1.29, 1.82) is 0 Å². The summed E-state index contributed by atoms with van der Waals surface area (Å²) >= 11 is 0. The minimum atomic E-state index is -0.0257. The molecule has 1 amide bonds. The van der Waals surface area contributed by atoms with E-state index in [0.717, 1.165) is 34.1 Å². The number of nitrogens with one attached hydrogen (secondary N) is 1. The van der Waals surface area contributed by atoms with E-state index in [2.05, 4.69) is 56.4 Å². The lowest BCUT2D eigenvalue weighted by atomic mass is 9.98. The average molecular weight is 346 g/mol. The van der Waals surface area contributed by atoms with Gasteiger partial charge in [-0.05, 0) is 37.8 Å². The smallest absolute Gasteiger partial charge is 0.252 e. The van der Waals surface area contributed by atoms with Gasteiger partial charge in [-0.15, -0.1) is 0 Å². The molecule has 0 atom stereocenters. The monoisotopic (exact) mass is 346 g/mol. The second-order valence-corrected chi connectivity index (χ2v) is 7.32. The van der Waals surface area contributed by atoms with Crippen molar-refractivity contribution >= 4 is 16.8 Å². The summed E-state index contributed by atoms with van der Waals surface area (Å²) in [5, 5.41) is 3.95. The number of hydrogen-bond acceptors (Lipinski definition) is 2. The zero-order valence-corrected chi connectivity index (χ0v) is 16.0. The van der Waals surface area contributed by atoms with Crippen LogP contribution in [0.3, 0.4) is 0 Å². The predicted octanol–water partition coefficient (Wildman–Crippen LogP) is 5.29. The maximum Gasteiger partial charge on any atom is 0.252 e. The highest BCUT2D eigenvalue weighted by atomic mass is 16.1. The number of pyridine rings is 1. The van der Waals surface area contributed by atoms with Crippen LogP contribution in [0.15, 0.2) is 48.5 Å². The van der Waals surface area contributed by atoms with E-state index in [1.807, 2.05) is 25.1 Å². The molecule has 3 rings (SSSR count). The lowest BCUT2D eigenvalue weighted by Crippen LogP contribution is -2.25. The number of para-hydroxylation sites is 1. The molecule has 26 heavy (non-hydrogen) atoms. The van der Waals surface area contributed by atoms with Gasteiger partial charge in [-0.2, -0.15) is 0 Å². The van der Waals surface area contributed by atoms with Crippen molar-refractivity contribution in [3.8, 4) is 11.1 Å². The highest BCUT2D eigenvalue weighted by Crippen LogP contribution is 2.29. The van der Waals surface area contributed by atoms with Crippen LogP contribution in [0.1, 0.15) is 41.9 Å². The molecular formula is C23H26N2O. The Hall–Kier alpha value is -2.68. The Balaban J connectivity index is 2.05. The summed E-state index contributed by atoms with van der Waals surface area (Å²) < 4.78 is 0. The molecule has 3 heteroatoms. The number of aromatic nitrogens is 1. The Morgan fingerprint density at radius 1 is 1.08 bits per heavy atom. The van der Waals surface area contributed by atoms with Crippen molar-refractivity contribution in [2.45, 2.75) is 34.1 Å². The van der Waals surface area contributed by atoms with Gasteiger partial charge in [0.15, 0.2) is 0 Å². The fourth-order valence-electron chi connectivity index (χ4n) is 3.10. The topological polar surface area (TPSA) is 42.0 Å². The van der Waals surface area contributed by atoms with Crippen LogP contribution in [0, 0.1) is 19.8 Å². The number of hydrogen-bond donors (Lipinski definition) is 1. The number of nitrogens with zero attached hydrogens (tertiary/aromatic N) is 1. The fourth-order valence-corrected chi connectivity index (χ4v) is 3.10. The summed E-state index contributed by atoms with van der Waals surface area (Å²) in [6, 6.07) is 16.3. The SMILES string of the molecule is Cc1ccc(-c2cccc3c(C(=O)NCCC(C)C)cc(C)nc23)cc1. The first-order valence-electron chi connectivity index (χ1n) is 9.21. The number of aryl methyl sites for hydroxylation is 2. The Kier molecular flexibility index (Phi) is 5.36. The van der Waals surface area contributed by atoms with Crippen LogP contribution in [-0.4, -0.2) is 17.4 Å². The number of fused-ring (bicyclic) bond motifs is 1. The minimum absolute atomic E-state index is 0.0257. The van der Waals surface area contributed by atoms with E-state index >= 15 is 0 Å². The molecule has 0 radical (unpaired) electrons. The lowest BCUT2D eigenvalue weighted by Gasteiger charge is -2.13. The van der Waals surface area contributed by atoms with Crippen molar-refractivity contribution in [2.75, 3.05) is 6.54 Å². The lowest BCUT2D eigenvalue weighted by molar-refractivity contribution is 0.0953. The summed E-state index contributed by atoms with van der Waals surface area (Å²) in [5.41, 5.74) is 5.83. The highest BCUT2D eigenvalue weighted by molar-refractivity contribution is 6.09. The maximum atomic E-state index is 12.7. The molecule has 1 aromatic heterocycles. The normalized spacial score (nSPS) is 11.1. The Bertz CT molecular complexity index is 927. The van der Waals surface area contributed by atoms with Gasteiger partial charge in [0, 0.05) is 23.2 Å². The molecule has 0 aliphatic carbocycles. The maximum absolute atomic E-state index is 12.7. The molecule has 0 bridgehead atoms. The third-order valence-corrected chi connectivity index (χ3v) is 4.58. The minimum Gasteiger partial charge on any atom is -0.352 e. The van der Waals surface area contributed by atoms with Crippen molar-refractivity contribution in [3.05, 3.63) is 65.4 Å². The second-order valence-electron chi connectivity index (χ2n) is 7.32. The Labute approximate surface area is 155 Å². The number of rotatable bonds is 5. The van der Waals surface area contributed by atoms with Crippen molar-refractivity contribution in [1.82, 2.24) is 10.3 Å². The average Bonchev–Trinajstić information content (AvgIpc) is 2.61. The summed E-state index contributed by atoms with van der Waals surface area (Å²) in [6.45, 7) is 9.03. The first-order valence-corrected chi connectivity index (χ1v) is 9.21. The summed E-state index contributed by atoms with van der Waals surface area (Å²) in [4.78, 5) is 17.5. The van der Waals surface area contributed by atoms with Gasteiger partial charge in [-0.25, -0.2) is 0 Å². The van der Waals surface area contributed by atoms with Crippen LogP contribution in [0.25, 0.3) is 22.0 Å². The van der Waals surface area contributed by atoms with Crippen LogP contribution in [-0.2, 0) is 0 Å². The van der Waals surface area contributed by atoms with Gasteiger partial charge in [0.25, 0.3) is 5.91 Å². The molecule has 0 aliphatic heterocycles. The zero-order valence-electron chi connectivity index (χ0n) is 16.0. The van der Waals surface area contributed by atoms with Crippen molar-refractivity contribution in [3.63, 3.8) is 0 Å². The van der Waals surface area contributed by atoms with Crippen LogP contribution < -0.4 is 5.32 Å². The number of benzene rings is 2. The van der Waals surface area contributed by atoms with Crippen LogP contribution in [0.5, 0.6) is 0 Å². The fraction of sp³-hybridized carbons (Fsp3) is 0.304. The van der Waals surface area contributed by atoms with Gasteiger partial charge in [-0.3, -0.25) is 9.78 Å². The molecule has 0 spiro atoms. The van der Waals surface area contributed by atoms with Gasteiger partial charge in [0.05, 0.1) is 11.1 Å². The molecule has 3 nitrogen and oxygen atoms in total. The molecular weight excluding hydrogens is 320 g/mol. The summed E-state index contributed by atoms with van der Waals surface area (Å²) in [6.07, 6.45) is 0.975. The number of amides is 1. The highest BCUT2D eigenvalue weighted by Gasteiger charge is 2.14. The van der Waals surface area contributed by atoms with E-state index in [9.17, 15) is 4.79 Å². The molecule has 1 N–H and O–H groups in total. The predicted molar refractivity (Wildman–Crippen MR) is 108 cm³/mol. The van der Waals surface area contributed by atoms with Gasteiger partial charge in [0.1, 0.15) is 0 Å². The molecule has 1 heterocycles. The van der Waals surface area contributed by atoms with Crippen LogP contribution in [0.4, 0.5) is 0 Å². The van der Waals surface area contributed by atoms with E-state index < -0.39 is 0 Å². The van der Waals surface area contributed by atoms with E-state index in [4.69, 9.17) is 4.98 Å². The molecule has 0 fully saturated rings. The summed E-state index contributed by atoms with van der Waals surface area (Å²) in [7, 11) is 0. The number of carbonyl (C=O) groups is 1.